The molecular weight excluding hydrogens is 254 g/mol. The summed E-state index contributed by atoms with van der Waals surface area (Å²) in [4.78, 5) is 0. The van der Waals surface area contributed by atoms with E-state index in [-0.39, 0.29) is 0 Å². The molecule has 0 aromatic heterocycles. The van der Waals surface area contributed by atoms with Gasteiger partial charge in [0.15, 0.2) is 0 Å². The van der Waals surface area contributed by atoms with Crippen molar-refractivity contribution in [1.82, 2.24) is 5.32 Å². The van der Waals surface area contributed by atoms with Gasteiger partial charge in [-0.2, -0.15) is 0 Å². The lowest BCUT2D eigenvalue weighted by Gasteiger charge is -2.23. The van der Waals surface area contributed by atoms with Gasteiger partial charge >= 0.3 is 0 Å². The maximum atomic E-state index is 3.73. The van der Waals surface area contributed by atoms with Crippen molar-refractivity contribution in [2.75, 3.05) is 6.54 Å². The van der Waals surface area contributed by atoms with Crippen molar-refractivity contribution < 1.29 is 0 Å². The van der Waals surface area contributed by atoms with E-state index in [2.05, 4.69) is 30.4 Å². The number of hydrogen-bond acceptors (Lipinski definition) is 1. The van der Waals surface area contributed by atoms with Gasteiger partial charge in [0.1, 0.15) is 0 Å². The molecule has 0 aliphatic heterocycles. The van der Waals surface area contributed by atoms with Crippen molar-refractivity contribution in [1.29, 1.82) is 0 Å². The molecule has 1 fully saturated rings. The predicted molar refractivity (Wildman–Crippen MR) is 90.7 cm³/mol. The summed E-state index contributed by atoms with van der Waals surface area (Å²) in [6.07, 6.45) is 14.0. The number of rotatable bonds is 6. The Morgan fingerprint density at radius 3 is 2.57 bits per heavy atom. The average Bonchev–Trinajstić information content (AvgIpc) is 3.04. The lowest BCUT2D eigenvalue weighted by atomic mass is 9.87. The molecule has 0 amide bonds. The summed E-state index contributed by atoms with van der Waals surface area (Å²) >= 11 is 0. The van der Waals surface area contributed by atoms with Crippen molar-refractivity contribution in [2.45, 2.75) is 77.2 Å². The standard InChI is InChI=1S/C20H31N/c1-2-21-20(14-11-16-7-3-4-8-16)19-13-12-17-9-5-6-10-18(17)15-19/h12-13,15-16,20-21H,2-11,14H2,1H3. The van der Waals surface area contributed by atoms with Crippen LogP contribution >= 0.6 is 0 Å². The molecule has 2 aliphatic rings. The second-order valence-corrected chi connectivity index (χ2v) is 7.07. The molecule has 0 spiro atoms. The van der Waals surface area contributed by atoms with Gasteiger partial charge < -0.3 is 5.32 Å². The van der Waals surface area contributed by atoms with Crippen LogP contribution in [0.5, 0.6) is 0 Å². The number of benzene rings is 1. The van der Waals surface area contributed by atoms with Crippen LogP contribution in [0.25, 0.3) is 0 Å². The quantitative estimate of drug-likeness (QED) is 0.758. The molecular formula is C20H31N. The van der Waals surface area contributed by atoms with Gasteiger partial charge in [-0.05, 0) is 67.7 Å². The van der Waals surface area contributed by atoms with Crippen LogP contribution in [0.15, 0.2) is 18.2 Å². The molecule has 0 saturated heterocycles. The van der Waals surface area contributed by atoms with Crippen molar-refractivity contribution >= 4 is 0 Å². The molecule has 1 N–H and O–H groups in total. The monoisotopic (exact) mass is 285 g/mol. The van der Waals surface area contributed by atoms with Crippen LogP contribution in [0.1, 0.15) is 81.0 Å². The van der Waals surface area contributed by atoms with Crippen LogP contribution in [0.4, 0.5) is 0 Å². The first-order valence-electron chi connectivity index (χ1n) is 9.22. The smallest absolute Gasteiger partial charge is 0.0320 e. The topological polar surface area (TPSA) is 12.0 Å². The second kappa shape index (κ2) is 7.45. The summed E-state index contributed by atoms with van der Waals surface area (Å²) in [5.74, 6) is 1.00. The van der Waals surface area contributed by atoms with Crippen LogP contribution in [0.3, 0.4) is 0 Å². The lowest BCUT2D eigenvalue weighted by Crippen LogP contribution is -2.22. The Morgan fingerprint density at radius 2 is 1.81 bits per heavy atom. The van der Waals surface area contributed by atoms with E-state index in [1.54, 1.807) is 11.1 Å². The van der Waals surface area contributed by atoms with Gasteiger partial charge in [0.25, 0.3) is 0 Å². The fraction of sp³-hybridized carbons (Fsp3) is 0.700. The van der Waals surface area contributed by atoms with Gasteiger partial charge in [0.05, 0.1) is 0 Å². The first-order valence-corrected chi connectivity index (χ1v) is 9.22. The summed E-state index contributed by atoms with van der Waals surface area (Å²) < 4.78 is 0. The minimum Gasteiger partial charge on any atom is -0.310 e. The van der Waals surface area contributed by atoms with Crippen molar-refractivity contribution in [3.05, 3.63) is 34.9 Å². The van der Waals surface area contributed by atoms with E-state index < -0.39 is 0 Å². The first kappa shape index (κ1) is 15.1. The Kier molecular flexibility index (Phi) is 5.35. The number of fused-ring (bicyclic) bond motifs is 1. The molecule has 1 aromatic rings. The summed E-state index contributed by atoms with van der Waals surface area (Å²) in [5, 5.41) is 3.73. The highest BCUT2D eigenvalue weighted by Gasteiger charge is 2.19. The van der Waals surface area contributed by atoms with Crippen LogP contribution < -0.4 is 5.32 Å². The molecule has 1 unspecified atom stereocenters. The van der Waals surface area contributed by atoms with E-state index in [0.29, 0.717) is 6.04 Å². The minimum absolute atomic E-state index is 0.572. The first-order chi connectivity index (χ1) is 10.4. The fourth-order valence-corrected chi connectivity index (χ4v) is 4.30. The van der Waals surface area contributed by atoms with Crippen LogP contribution in [0.2, 0.25) is 0 Å². The zero-order valence-electron chi connectivity index (χ0n) is 13.7. The lowest BCUT2D eigenvalue weighted by molar-refractivity contribution is 0.416. The molecule has 1 atom stereocenters. The summed E-state index contributed by atoms with van der Waals surface area (Å²) in [7, 11) is 0. The van der Waals surface area contributed by atoms with Crippen molar-refractivity contribution in [3.8, 4) is 0 Å². The van der Waals surface area contributed by atoms with Crippen LogP contribution in [0, 0.1) is 5.92 Å². The van der Waals surface area contributed by atoms with Gasteiger partial charge in [-0.3, -0.25) is 0 Å². The van der Waals surface area contributed by atoms with Gasteiger partial charge in [0, 0.05) is 6.04 Å². The number of nitrogens with one attached hydrogen (secondary N) is 1. The number of aryl methyl sites for hydroxylation is 2. The van der Waals surface area contributed by atoms with E-state index >= 15 is 0 Å². The maximum absolute atomic E-state index is 3.73. The zero-order valence-corrected chi connectivity index (χ0v) is 13.7. The normalized spacial score (nSPS) is 20.4. The third-order valence-electron chi connectivity index (χ3n) is 5.56. The predicted octanol–water partition coefficient (Wildman–Crippen LogP) is 5.19. The molecule has 116 valence electrons. The highest BCUT2D eigenvalue weighted by molar-refractivity contribution is 5.35. The Bertz CT molecular complexity index is 445. The summed E-state index contributed by atoms with van der Waals surface area (Å²) in [5.41, 5.74) is 4.77. The Labute approximate surface area is 130 Å². The minimum atomic E-state index is 0.572. The maximum Gasteiger partial charge on any atom is 0.0320 e. The average molecular weight is 285 g/mol. The number of hydrogen-bond donors (Lipinski definition) is 1. The van der Waals surface area contributed by atoms with Crippen molar-refractivity contribution in [3.63, 3.8) is 0 Å². The third-order valence-corrected chi connectivity index (χ3v) is 5.56. The summed E-state index contributed by atoms with van der Waals surface area (Å²) in [6.45, 7) is 3.31. The molecule has 1 saturated carbocycles. The second-order valence-electron chi connectivity index (χ2n) is 7.07. The Hall–Kier alpha value is -0.820. The molecule has 21 heavy (non-hydrogen) atoms. The molecule has 2 aliphatic carbocycles. The molecule has 1 heteroatoms. The van der Waals surface area contributed by atoms with E-state index in [1.165, 1.54) is 69.8 Å². The molecule has 0 bridgehead atoms. The zero-order chi connectivity index (χ0) is 14.5. The van der Waals surface area contributed by atoms with E-state index in [0.717, 1.165) is 12.5 Å². The molecule has 3 rings (SSSR count). The van der Waals surface area contributed by atoms with Gasteiger partial charge in [0.2, 0.25) is 0 Å². The van der Waals surface area contributed by atoms with Gasteiger partial charge in [-0.25, -0.2) is 0 Å². The van der Waals surface area contributed by atoms with Crippen molar-refractivity contribution in [2.24, 2.45) is 5.92 Å². The van der Waals surface area contributed by atoms with E-state index in [4.69, 9.17) is 0 Å². The molecule has 1 nitrogen and oxygen atoms in total. The fourth-order valence-electron chi connectivity index (χ4n) is 4.30. The van der Waals surface area contributed by atoms with Gasteiger partial charge in [-0.15, -0.1) is 0 Å². The Balaban J connectivity index is 1.67. The Morgan fingerprint density at radius 1 is 1.05 bits per heavy atom. The molecule has 0 radical (unpaired) electrons. The highest BCUT2D eigenvalue weighted by Crippen LogP contribution is 2.32. The SMILES string of the molecule is CCNC(CCC1CCCC1)c1ccc2c(c1)CCCC2. The summed E-state index contributed by atoms with van der Waals surface area (Å²) in [6, 6.07) is 7.88. The molecule has 0 heterocycles. The molecule has 1 aromatic carbocycles. The highest BCUT2D eigenvalue weighted by atomic mass is 14.9. The largest absolute Gasteiger partial charge is 0.310 e. The third kappa shape index (κ3) is 3.88. The van der Waals surface area contributed by atoms with Crippen LogP contribution in [-0.4, -0.2) is 6.54 Å². The van der Waals surface area contributed by atoms with E-state index in [9.17, 15) is 0 Å². The van der Waals surface area contributed by atoms with Gasteiger partial charge in [-0.1, -0.05) is 50.8 Å². The van der Waals surface area contributed by atoms with Crippen LogP contribution in [-0.2, 0) is 12.8 Å². The van der Waals surface area contributed by atoms with E-state index in [1.807, 2.05) is 0 Å².